The summed E-state index contributed by atoms with van der Waals surface area (Å²) in [7, 11) is 1.88. The lowest BCUT2D eigenvalue weighted by molar-refractivity contribution is -0.195. The fourth-order valence-electron chi connectivity index (χ4n) is 3.32. The molecule has 2 fully saturated rings. The van der Waals surface area contributed by atoms with Gasteiger partial charge < -0.3 is 15.0 Å². The average Bonchev–Trinajstić information content (AvgIpc) is 2.41. The standard InChI is InChI=1S/C16H31N3O2/c1-12(2)8-14(17-5)15(20)18-6-7-21-16(9-18)10-19(11-16)13(3)4/h12-14,17H,6-11H2,1-5H3/t14-/m0/s1. The number of nitrogens with zero attached hydrogens (tertiary/aromatic N) is 2. The molecular formula is C16H31N3O2. The summed E-state index contributed by atoms with van der Waals surface area (Å²) in [6.45, 7) is 12.7. The summed E-state index contributed by atoms with van der Waals surface area (Å²) in [5, 5.41) is 3.18. The van der Waals surface area contributed by atoms with Crippen LogP contribution in [-0.4, -0.2) is 73.2 Å². The van der Waals surface area contributed by atoms with Gasteiger partial charge in [0.15, 0.2) is 0 Å². The minimum Gasteiger partial charge on any atom is -0.369 e. The number of likely N-dealkylation sites (tertiary alicyclic amines) is 1. The Morgan fingerprint density at radius 2 is 1.90 bits per heavy atom. The number of amides is 1. The molecule has 2 heterocycles. The maximum atomic E-state index is 12.7. The van der Waals surface area contributed by atoms with Crippen LogP contribution in [0, 0.1) is 5.92 Å². The lowest BCUT2D eigenvalue weighted by atomic mass is 9.90. The van der Waals surface area contributed by atoms with Crippen molar-refractivity contribution in [2.45, 2.75) is 51.8 Å². The van der Waals surface area contributed by atoms with Crippen LogP contribution in [0.2, 0.25) is 0 Å². The van der Waals surface area contributed by atoms with E-state index in [9.17, 15) is 4.79 Å². The molecular weight excluding hydrogens is 266 g/mol. The van der Waals surface area contributed by atoms with Crippen molar-refractivity contribution in [2.75, 3.05) is 39.8 Å². The smallest absolute Gasteiger partial charge is 0.239 e. The van der Waals surface area contributed by atoms with Crippen molar-refractivity contribution in [3.05, 3.63) is 0 Å². The highest BCUT2D eigenvalue weighted by Gasteiger charge is 2.49. The number of ether oxygens (including phenoxy) is 1. The third-order valence-electron chi connectivity index (χ3n) is 4.63. The van der Waals surface area contributed by atoms with Crippen molar-refractivity contribution in [1.29, 1.82) is 0 Å². The van der Waals surface area contributed by atoms with Gasteiger partial charge in [-0.15, -0.1) is 0 Å². The summed E-state index contributed by atoms with van der Waals surface area (Å²) >= 11 is 0. The zero-order chi connectivity index (χ0) is 15.6. The van der Waals surface area contributed by atoms with Gasteiger partial charge in [-0.2, -0.15) is 0 Å². The third-order valence-corrected chi connectivity index (χ3v) is 4.63. The van der Waals surface area contributed by atoms with Gasteiger partial charge in [0, 0.05) is 25.7 Å². The monoisotopic (exact) mass is 297 g/mol. The Bertz CT molecular complexity index is 365. The SMILES string of the molecule is CN[C@@H](CC(C)C)C(=O)N1CCOC2(C1)CN(C(C)C)C2. The quantitative estimate of drug-likeness (QED) is 0.820. The van der Waals surface area contributed by atoms with Crippen molar-refractivity contribution < 1.29 is 9.53 Å². The molecule has 0 unspecified atom stereocenters. The van der Waals surface area contributed by atoms with E-state index in [-0.39, 0.29) is 17.6 Å². The molecule has 0 bridgehead atoms. The molecule has 2 saturated heterocycles. The summed E-state index contributed by atoms with van der Waals surface area (Å²) < 4.78 is 6.00. The predicted octanol–water partition coefficient (Wildman–Crippen LogP) is 0.942. The first kappa shape index (κ1) is 16.7. The second-order valence-corrected chi connectivity index (χ2v) is 7.26. The fraction of sp³-hybridized carbons (Fsp3) is 0.938. The fourth-order valence-corrected chi connectivity index (χ4v) is 3.32. The molecule has 21 heavy (non-hydrogen) atoms. The zero-order valence-electron chi connectivity index (χ0n) is 14.2. The number of carbonyl (C=O) groups is 1. The molecule has 0 aromatic heterocycles. The zero-order valence-corrected chi connectivity index (χ0v) is 14.2. The Hall–Kier alpha value is -0.650. The maximum Gasteiger partial charge on any atom is 0.239 e. The minimum atomic E-state index is -0.117. The van der Waals surface area contributed by atoms with Gasteiger partial charge in [0.1, 0.15) is 5.60 Å². The van der Waals surface area contributed by atoms with Crippen LogP contribution in [0.3, 0.4) is 0 Å². The van der Waals surface area contributed by atoms with Crippen LogP contribution in [0.25, 0.3) is 0 Å². The summed E-state index contributed by atoms with van der Waals surface area (Å²) in [5.41, 5.74) is -0.117. The van der Waals surface area contributed by atoms with Gasteiger partial charge in [0.05, 0.1) is 19.2 Å². The summed E-state index contributed by atoms with van der Waals surface area (Å²) in [6.07, 6.45) is 0.887. The first-order valence-corrected chi connectivity index (χ1v) is 8.21. The molecule has 2 rings (SSSR count). The van der Waals surface area contributed by atoms with E-state index in [2.05, 4.69) is 37.9 Å². The highest BCUT2D eigenvalue weighted by molar-refractivity contribution is 5.82. The molecule has 2 aliphatic rings. The van der Waals surface area contributed by atoms with E-state index in [1.807, 2.05) is 11.9 Å². The molecule has 1 N–H and O–H groups in total. The largest absolute Gasteiger partial charge is 0.369 e. The summed E-state index contributed by atoms with van der Waals surface area (Å²) in [6, 6.07) is 0.484. The maximum absolute atomic E-state index is 12.7. The molecule has 0 aromatic rings. The van der Waals surface area contributed by atoms with Crippen LogP contribution >= 0.6 is 0 Å². The number of nitrogens with one attached hydrogen (secondary N) is 1. The lowest BCUT2D eigenvalue weighted by Crippen LogP contribution is -2.72. The van der Waals surface area contributed by atoms with Gasteiger partial charge in [0.2, 0.25) is 5.91 Å². The van der Waals surface area contributed by atoms with E-state index in [0.29, 0.717) is 18.6 Å². The highest BCUT2D eigenvalue weighted by Crippen LogP contribution is 2.30. The van der Waals surface area contributed by atoms with Gasteiger partial charge in [0.25, 0.3) is 0 Å². The van der Waals surface area contributed by atoms with Crippen LogP contribution in [0.1, 0.15) is 34.1 Å². The van der Waals surface area contributed by atoms with Crippen molar-refractivity contribution in [3.8, 4) is 0 Å². The van der Waals surface area contributed by atoms with Crippen molar-refractivity contribution in [3.63, 3.8) is 0 Å². The molecule has 1 spiro atoms. The number of likely N-dealkylation sites (N-methyl/N-ethyl adjacent to an activating group) is 1. The second kappa shape index (κ2) is 6.63. The number of hydrogen-bond donors (Lipinski definition) is 1. The number of carbonyl (C=O) groups excluding carboxylic acids is 1. The molecule has 1 amide bonds. The molecule has 122 valence electrons. The Morgan fingerprint density at radius 1 is 1.24 bits per heavy atom. The third kappa shape index (κ3) is 3.76. The molecule has 5 nitrogen and oxygen atoms in total. The van der Waals surface area contributed by atoms with Crippen LogP contribution in [-0.2, 0) is 9.53 Å². The van der Waals surface area contributed by atoms with E-state index in [4.69, 9.17) is 4.74 Å². The minimum absolute atomic E-state index is 0.0681. The van der Waals surface area contributed by atoms with Crippen LogP contribution < -0.4 is 5.32 Å². The number of hydrogen-bond acceptors (Lipinski definition) is 4. The molecule has 5 heteroatoms. The Kier molecular flexibility index (Phi) is 5.28. The van der Waals surface area contributed by atoms with Crippen molar-refractivity contribution in [2.24, 2.45) is 5.92 Å². The Labute approximate surface area is 129 Å². The summed E-state index contributed by atoms with van der Waals surface area (Å²) in [5.74, 6) is 0.749. The van der Waals surface area contributed by atoms with E-state index >= 15 is 0 Å². The first-order valence-electron chi connectivity index (χ1n) is 8.21. The average molecular weight is 297 g/mol. The Morgan fingerprint density at radius 3 is 2.43 bits per heavy atom. The van der Waals surface area contributed by atoms with Crippen LogP contribution in [0.4, 0.5) is 0 Å². The topological polar surface area (TPSA) is 44.8 Å². The molecule has 0 saturated carbocycles. The van der Waals surface area contributed by atoms with Crippen LogP contribution in [0.5, 0.6) is 0 Å². The Balaban J connectivity index is 1.93. The lowest BCUT2D eigenvalue weighted by Gasteiger charge is -2.55. The molecule has 0 aliphatic carbocycles. The summed E-state index contributed by atoms with van der Waals surface area (Å²) in [4.78, 5) is 17.1. The second-order valence-electron chi connectivity index (χ2n) is 7.26. The van der Waals surface area contributed by atoms with Gasteiger partial charge in [-0.05, 0) is 33.2 Å². The normalized spacial score (nSPS) is 23.7. The van der Waals surface area contributed by atoms with Gasteiger partial charge in [-0.25, -0.2) is 0 Å². The molecule has 2 aliphatic heterocycles. The van der Waals surface area contributed by atoms with E-state index in [0.717, 1.165) is 32.6 Å². The number of rotatable bonds is 5. The highest BCUT2D eigenvalue weighted by atomic mass is 16.5. The van der Waals surface area contributed by atoms with Gasteiger partial charge >= 0.3 is 0 Å². The van der Waals surface area contributed by atoms with Gasteiger partial charge in [-0.1, -0.05) is 13.8 Å². The van der Waals surface area contributed by atoms with Crippen molar-refractivity contribution in [1.82, 2.24) is 15.1 Å². The molecule has 0 radical (unpaired) electrons. The predicted molar refractivity (Wildman–Crippen MR) is 84.3 cm³/mol. The molecule has 1 atom stereocenters. The van der Waals surface area contributed by atoms with E-state index < -0.39 is 0 Å². The van der Waals surface area contributed by atoms with E-state index in [1.54, 1.807) is 0 Å². The van der Waals surface area contributed by atoms with Crippen LogP contribution in [0.15, 0.2) is 0 Å². The van der Waals surface area contributed by atoms with Gasteiger partial charge in [-0.3, -0.25) is 9.69 Å². The number of morpholine rings is 1. The molecule has 0 aromatic carbocycles. The van der Waals surface area contributed by atoms with E-state index in [1.165, 1.54) is 0 Å². The first-order chi connectivity index (χ1) is 9.87. The van der Waals surface area contributed by atoms with Crippen molar-refractivity contribution >= 4 is 5.91 Å².